The highest BCUT2D eigenvalue weighted by atomic mass is 79.9. The molecule has 2 N–H and O–H groups in total. The molecule has 1 fully saturated rings. The van der Waals surface area contributed by atoms with Crippen molar-refractivity contribution in [1.82, 2.24) is 0 Å². The minimum absolute atomic E-state index is 0.340. The average molecular weight is 344 g/mol. The van der Waals surface area contributed by atoms with Gasteiger partial charge in [-0.05, 0) is 53.4 Å². The van der Waals surface area contributed by atoms with E-state index < -0.39 is 0 Å². The predicted octanol–water partition coefficient (Wildman–Crippen LogP) is 3.25. The maximum Gasteiger partial charge on any atom is 0.175 e. The predicted molar refractivity (Wildman–Crippen MR) is 82.3 cm³/mol. The van der Waals surface area contributed by atoms with E-state index in [2.05, 4.69) is 15.9 Å². The summed E-state index contributed by atoms with van der Waals surface area (Å²) in [5.41, 5.74) is 6.70. The molecule has 5 heteroatoms. The lowest BCUT2D eigenvalue weighted by Gasteiger charge is -2.16. The molecule has 0 aromatic heterocycles. The van der Waals surface area contributed by atoms with Crippen molar-refractivity contribution in [1.29, 1.82) is 0 Å². The van der Waals surface area contributed by atoms with Gasteiger partial charge in [0.15, 0.2) is 11.5 Å². The Labute approximate surface area is 128 Å². The first-order chi connectivity index (χ1) is 9.74. The van der Waals surface area contributed by atoms with Gasteiger partial charge in [-0.2, -0.15) is 0 Å². The van der Waals surface area contributed by atoms with Gasteiger partial charge in [0.2, 0.25) is 0 Å². The third-order valence-corrected chi connectivity index (χ3v) is 3.90. The first-order valence-electron chi connectivity index (χ1n) is 7.14. The summed E-state index contributed by atoms with van der Waals surface area (Å²) in [6, 6.07) is 3.92. The lowest BCUT2D eigenvalue weighted by Crippen LogP contribution is -2.11. The van der Waals surface area contributed by atoms with Gasteiger partial charge >= 0.3 is 0 Å². The standard InChI is InChI=1S/C15H22BrNO3/c1-2-18-14-9-11(10-17)8-13(16)15(14)20-7-5-12-4-3-6-19-12/h8-9,12H,2-7,10,17H2,1H3. The van der Waals surface area contributed by atoms with Crippen LogP contribution in [0.3, 0.4) is 0 Å². The van der Waals surface area contributed by atoms with Crippen molar-refractivity contribution in [3.8, 4) is 11.5 Å². The van der Waals surface area contributed by atoms with Gasteiger partial charge in [0, 0.05) is 19.6 Å². The van der Waals surface area contributed by atoms with Gasteiger partial charge in [-0.1, -0.05) is 0 Å². The molecule has 1 aliphatic heterocycles. The zero-order valence-corrected chi connectivity index (χ0v) is 13.4. The quantitative estimate of drug-likeness (QED) is 0.825. The second-order valence-corrected chi connectivity index (χ2v) is 5.67. The molecule has 1 aromatic rings. The topological polar surface area (TPSA) is 53.7 Å². The fraction of sp³-hybridized carbons (Fsp3) is 0.600. The van der Waals surface area contributed by atoms with Crippen LogP contribution in [0.25, 0.3) is 0 Å². The highest BCUT2D eigenvalue weighted by Gasteiger charge is 2.17. The maximum atomic E-state index is 5.89. The molecule has 0 spiro atoms. The van der Waals surface area contributed by atoms with Gasteiger partial charge in [-0.15, -0.1) is 0 Å². The van der Waals surface area contributed by atoms with Crippen LogP contribution < -0.4 is 15.2 Å². The van der Waals surface area contributed by atoms with Gasteiger partial charge in [0.25, 0.3) is 0 Å². The SMILES string of the molecule is CCOc1cc(CN)cc(Br)c1OCCC1CCCO1. The number of benzene rings is 1. The second kappa shape index (κ2) is 7.86. The van der Waals surface area contributed by atoms with Gasteiger partial charge in [0.1, 0.15) is 0 Å². The lowest BCUT2D eigenvalue weighted by molar-refractivity contribution is 0.0896. The number of hydrogen-bond donors (Lipinski definition) is 1. The summed E-state index contributed by atoms with van der Waals surface area (Å²) in [7, 11) is 0. The molecule has 2 rings (SSSR count). The Morgan fingerprint density at radius 3 is 2.90 bits per heavy atom. The van der Waals surface area contributed by atoms with Gasteiger partial charge < -0.3 is 19.9 Å². The van der Waals surface area contributed by atoms with Crippen LogP contribution in [-0.4, -0.2) is 25.9 Å². The maximum absolute atomic E-state index is 5.89. The van der Waals surface area contributed by atoms with E-state index in [9.17, 15) is 0 Å². The highest BCUT2D eigenvalue weighted by Crippen LogP contribution is 2.37. The average Bonchev–Trinajstić information content (AvgIpc) is 2.95. The molecule has 4 nitrogen and oxygen atoms in total. The van der Waals surface area contributed by atoms with Crippen molar-refractivity contribution in [2.24, 2.45) is 5.73 Å². The molecule has 0 saturated carbocycles. The van der Waals surface area contributed by atoms with Gasteiger partial charge in [-0.25, -0.2) is 0 Å². The molecule has 20 heavy (non-hydrogen) atoms. The molecule has 1 heterocycles. The summed E-state index contributed by atoms with van der Waals surface area (Å²) in [5.74, 6) is 1.50. The molecule has 112 valence electrons. The largest absolute Gasteiger partial charge is 0.490 e. The number of rotatable bonds is 7. The van der Waals surface area contributed by atoms with Crippen LogP contribution in [0.4, 0.5) is 0 Å². The fourth-order valence-corrected chi connectivity index (χ4v) is 2.91. The summed E-state index contributed by atoms with van der Waals surface area (Å²) in [6.45, 7) is 4.55. The molecule has 1 aliphatic rings. The molecule has 0 amide bonds. The van der Waals surface area contributed by atoms with E-state index in [4.69, 9.17) is 19.9 Å². The van der Waals surface area contributed by atoms with E-state index in [0.29, 0.717) is 25.9 Å². The first kappa shape index (κ1) is 15.6. The van der Waals surface area contributed by atoms with E-state index in [1.807, 2.05) is 19.1 Å². The normalized spacial score (nSPS) is 18.2. The van der Waals surface area contributed by atoms with Crippen LogP contribution in [0.1, 0.15) is 31.7 Å². The molecule has 0 radical (unpaired) electrons. The van der Waals surface area contributed by atoms with Crippen LogP contribution in [0, 0.1) is 0 Å². The first-order valence-corrected chi connectivity index (χ1v) is 7.93. The molecule has 1 unspecified atom stereocenters. The Balaban J connectivity index is 2.00. The Hall–Kier alpha value is -0.780. The molecule has 1 atom stereocenters. The van der Waals surface area contributed by atoms with Crippen molar-refractivity contribution < 1.29 is 14.2 Å². The van der Waals surface area contributed by atoms with Crippen LogP contribution >= 0.6 is 15.9 Å². The summed E-state index contributed by atoms with van der Waals surface area (Å²) in [4.78, 5) is 0. The van der Waals surface area contributed by atoms with Crippen molar-refractivity contribution in [2.75, 3.05) is 19.8 Å². The number of hydrogen-bond acceptors (Lipinski definition) is 4. The van der Waals surface area contributed by atoms with Gasteiger partial charge in [0.05, 0.1) is 23.8 Å². The molecular weight excluding hydrogens is 322 g/mol. The minimum atomic E-state index is 0.340. The van der Waals surface area contributed by atoms with E-state index in [0.717, 1.165) is 47.4 Å². The zero-order chi connectivity index (χ0) is 14.4. The van der Waals surface area contributed by atoms with Crippen molar-refractivity contribution in [3.05, 3.63) is 22.2 Å². The van der Waals surface area contributed by atoms with Crippen molar-refractivity contribution in [2.45, 2.75) is 38.8 Å². The third-order valence-electron chi connectivity index (χ3n) is 3.32. The number of nitrogens with two attached hydrogens (primary N) is 1. The fourth-order valence-electron chi connectivity index (χ4n) is 2.31. The van der Waals surface area contributed by atoms with Crippen molar-refractivity contribution >= 4 is 15.9 Å². The van der Waals surface area contributed by atoms with E-state index in [1.165, 1.54) is 0 Å². The van der Waals surface area contributed by atoms with Crippen molar-refractivity contribution in [3.63, 3.8) is 0 Å². The Morgan fingerprint density at radius 2 is 2.25 bits per heavy atom. The Morgan fingerprint density at radius 1 is 1.40 bits per heavy atom. The van der Waals surface area contributed by atoms with Crippen LogP contribution in [0.2, 0.25) is 0 Å². The molecular formula is C15H22BrNO3. The van der Waals surface area contributed by atoms with Crippen LogP contribution in [0.5, 0.6) is 11.5 Å². The van der Waals surface area contributed by atoms with Crippen LogP contribution in [0.15, 0.2) is 16.6 Å². The van der Waals surface area contributed by atoms with Crippen LogP contribution in [-0.2, 0) is 11.3 Å². The van der Waals surface area contributed by atoms with E-state index in [-0.39, 0.29) is 0 Å². The summed E-state index contributed by atoms with van der Waals surface area (Å²) in [5, 5.41) is 0. The molecule has 1 saturated heterocycles. The molecule has 1 aromatic carbocycles. The Kier molecular flexibility index (Phi) is 6.13. The third kappa shape index (κ3) is 4.11. The zero-order valence-electron chi connectivity index (χ0n) is 11.9. The Bertz CT molecular complexity index is 433. The summed E-state index contributed by atoms with van der Waals surface area (Å²) in [6.07, 6.45) is 3.54. The molecule has 0 bridgehead atoms. The molecule has 0 aliphatic carbocycles. The number of ether oxygens (including phenoxy) is 3. The summed E-state index contributed by atoms with van der Waals surface area (Å²) < 4.78 is 18.0. The van der Waals surface area contributed by atoms with E-state index in [1.54, 1.807) is 0 Å². The monoisotopic (exact) mass is 343 g/mol. The lowest BCUT2D eigenvalue weighted by atomic mass is 10.2. The highest BCUT2D eigenvalue weighted by molar-refractivity contribution is 9.10. The summed E-state index contributed by atoms with van der Waals surface area (Å²) >= 11 is 3.53. The van der Waals surface area contributed by atoms with E-state index >= 15 is 0 Å². The second-order valence-electron chi connectivity index (χ2n) is 4.81. The van der Waals surface area contributed by atoms with Gasteiger partial charge in [-0.3, -0.25) is 0 Å². The number of halogens is 1. The minimum Gasteiger partial charge on any atom is -0.490 e. The smallest absolute Gasteiger partial charge is 0.175 e.